The van der Waals surface area contributed by atoms with Crippen molar-refractivity contribution in [2.45, 2.75) is 77.8 Å². The molecule has 2 N–H and O–H groups in total. The van der Waals surface area contributed by atoms with Crippen LogP contribution in [0.15, 0.2) is 54.6 Å². The molecule has 1 aliphatic rings. The number of aryl methyl sites for hydroxylation is 1. The Morgan fingerprint density at radius 3 is 2.32 bits per heavy atom. The van der Waals surface area contributed by atoms with E-state index in [-0.39, 0.29) is 17.9 Å². The first-order valence-corrected chi connectivity index (χ1v) is 13.6. The number of carbonyl (C=O) groups is 3. The van der Waals surface area contributed by atoms with Crippen molar-refractivity contribution in [3.63, 3.8) is 0 Å². The second-order valence-electron chi connectivity index (χ2n) is 10.1. The van der Waals surface area contributed by atoms with Gasteiger partial charge in [-0.25, -0.2) is 4.79 Å². The predicted octanol–water partition coefficient (Wildman–Crippen LogP) is 5.15. The van der Waals surface area contributed by atoms with Gasteiger partial charge in [-0.15, -0.1) is 0 Å². The van der Waals surface area contributed by atoms with Crippen LogP contribution in [0.25, 0.3) is 0 Å². The molecule has 1 saturated heterocycles. The first kappa shape index (κ1) is 28.2. The third-order valence-electron chi connectivity index (χ3n) is 6.95. The molecule has 2 aromatic carbocycles. The Morgan fingerprint density at radius 1 is 0.946 bits per heavy atom. The molecule has 0 aromatic heterocycles. The second kappa shape index (κ2) is 14.4. The van der Waals surface area contributed by atoms with Crippen LogP contribution in [0.5, 0.6) is 0 Å². The van der Waals surface area contributed by atoms with Crippen molar-refractivity contribution in [3.8, 4) is 0 Å². The van der Waals surface area contributed by atoms with Crippen LogP contribution < -0.4 is 10.6 Å². The number of nitrogens with zero attached hydrogens (tertiary/aromatic N) is 2. The number of rotatable bonds is 11. The third-order valence-corrected chi connectivity index (χ3v) is 6.95. The van der Waals surface area contributed by atoms with Crippen molar-refractivity contribution < 1.29 is 14.4 Å². The summed E-state index contributed by atoms with van der Waals surface area (Å²) < 4.78 is 0. The van der Waals surface area contributed by atoms with Gasteiger partial charge in [-0.3, -0.25) is 9.59 Å². The van der Waals surface area contributed by atoms with E-state index >= 15 is 0 Å². The van der Waals surface area contributed by atoms with Gasteiger partial charge in [0.05, 0.1) is 0 Å². The maximum Gasteiger partial charge on any atom is 0.319 e. The highest BCUT2D eigenvalue weighted by Crippen LogP contribution is 2.16. The lowest BCUT2D eigenvalue weighted by Gasteiger charge is -2.41. The van der Waals surface area contributed by atoms with E-state index in [1.807, 2.05) is 73.3 Å². The fraction of sp³-hybridized carbons (Fsp3) is 0.500. The van der Waals surface area contributed by atoms with Gasteiger partial charge in [0.25, 0.3) is 0 Å². The Hall–Kier alpha value is -3.35. The number of urea groups is 1. The molecule has 4 amide bonds. The lowest BCUT2D eigenvalue weighted by Crippen LogP contribution is -2.59. The largest absolute Gasteiger partial charge is 0.337 e. The molecule has 7 nitrogen and oxygen atoms in total. The number of hydrogen-bond acceptors (Lipinski definition) is 3. The van der Waals surface area contributed by atoms with E-state index < -0.39 is 12.1 Å². The molecule has 37 heavy (non-hydrogen) atoms. The van der Waals surface area contributed by atoms with Crippen molar-refractivity contribution in [2.24, 2.45) is 0 Å². The van der Waals surface area contributed by atoms with Gasteiger partial charge in [0.2, 0.25) is 11.8 Å². The fourth-order valence-electron chi connectivity index (χ4n) is 4.78. The molecule has 0 saturated carbocycles. The van der Waals surface area contributed by atoms with E-state index in [1.165, 1.54) is 19.3 Å². The fourth-order valence-corrected chi connectivity index (χ4v) is 4.78. The average molecular weight is 507 g/mol. The predicted molar refractivity (Wildman–Crippen MR) is 148 cm³/mol. The van der Waals surface area contributed by atoms with Gasteiger partial charge in [0.15, 0.2) is 0 Å². The van der Waals surface area contributed by atoms with Crippen LogP contribution in [0.3, 0.4) is 0 Å². The number of nitrogens with one attached hydrogen (secondary N) is 2. The van der Waals surface area contributed by atoms with Crippen LogP contribution in [0, 0.1) is 6.92 Å². The SMILES string of the molecule is CCCCCCCC(=O)N1CCN(C(=O)C(Cc2ccccc2)NC(=O)Nc2ccc(C)cc2)CC1C. The monoisotopic (exact) mass is 506 g/mol. The molecule has 0 aliphatic carbocycles. The number of hydrogen-bond donors (Lipinski definition) is 2. The molecule has 7 heteroatoms. The minimum absolute atomic E-state index is 0.0559. The molecular weight excluding hydrogens is 464 g/mol. The maximum atomic E-state index is 13.6. The van der Waals surface area contributed by atoms with Crippen LogP contribution in [0.2, 0.25) is 0 Å². The minimum atomic E-state index is -0.708. The molecule has 3 rings (SSSR count). The van der Waals surface area contributed by atoms with Gasteiger partial charge in [-0.1, -0.05) is 80.6 Å². The molecule has 0 bridgehead atoms. The zero-order valence-corrected chi connectivity index (χ0v) is 22.5. The number of anilines is 1. The number of benzene rings is 2. The summed E-state index contributed by atoms with van der Waals surface area (Å²) in [7, 11) is 0. The number of piperazine rings is 1. The minimum Gasteiger partial charge on any atom is -0.337 e. The maximum absolute atomic E-state index is 13.6. The molecule has 1 aliphatic heterocycles. The van der Waals surface area contributed by atoms with E-state index in [1.54, 1.807) is 4.90 Å². The van der Waals surface area contributed by atoms with E-state index in [2.05, 4.69) is 17.6 Å². The Balaban J connectivity index is 1.60. The van der Waals surface area contributed by atoms with E-state index in [9.17, 15) is 14.4 Å². The van der Waals surface area contributed by atoms with Gasteiger partial charge < -0.3 is 20.4 Å². The Kier molecular flexibility index (Phi) is 11.0. The average Bonchev–Trinajstić information content (AvgIpc) is 2.89. The summed E-state index contributed by atoms with van der Waals surface area (Å²) in [5.74, 6) is 0.0500. The van der Waals surface area contributed by atoms with Gasteiger partial charge in [-0.05, 0) is 38.0 Å². The van der Waals surface area contributed by atoms with Crippen molar-refractivity contribution >= 4 is 23.5 Å². The van der Waals surface area contributed by atoms with Gasteiger partial charge >= 0.3 is 6.03 Å². The molecular formula is C30H42N4O3. The normalized spacial score (nSPS) is 16.2. The zero-order chi connectivity index (χ0) is 26.6. The van der Waals surface area contributed by atoms with Crippen molar-refractivity contribution in [1.82, 2.24) is 15.1 Å². The summed E-state index contributed by atoms with van der Waals surface area (Å²) in [6, 6.07) is 16.1. The molecule has 2 unspecified atom stereocenters. The molecule has 1 fully saturated rings. The Labute approximate surface area is 221 Å². The van der Waals surface area contributed by atoms with Crippen molar-refractivity contribution in [3.05, 3.63) is 65.7 Å². The lowest BCUT2D eigenvalue weighted by atomic mass is 10.0. The first-order chi connectivity index (χ1) is 17.9. The van der Waals surface area contributed by atoms with Gasteiger partial charge in [-0.2, -0.15) is 0 Å². The van der Waals surface area contributed by atoms with Crippen LogP contribution in [0.1, 0.15) is 63.5 Å². The van der Waals surface area contributed by atoms with Crippen LogP contribution >= 0.6 is 0 Å². The van der Waals surface area contributed by atoms with Gasteiger partial charge in [0, 0.05) is 44.2 Å². The summed E-state index contributed by atoms with van der Waals surface area (Å²) in [5, 5.41) is 5.73. The van der Waals surface area contributed by atoms with Crippen molar-refractivity contribution in [2.75, 3.05) is 25.0 Å². The summed E-state index contributed by atoms with van der Waals surface area (Å²) in [6.45, 7) is 7.63. The summed E-state index contributed by atoms with van der Waals surface area (Å²) in [6.07, 6.45) is 6.55. The summed E-state index contributed by atoms with van der Waals surface area (Å²) >= 11 is 0. The zero-order valence-electron chi connectivity index (χ0n) is 22.5. The molecule has 2 atom stereocenters. The Morgan fingerprint density at radius 2 is 1.65 bits per heavy atom. The quantitative estimate of drug-likeness (QED) is 0.414. The molecule has 200 valence electrons. The number of carbonyl (C=O) groups excluding carboxylic acids is 3. The molecule has 2 aromatic rings. The topological polar surface area (TPSA) is 81.8 Å². The second-order valence-corrected chi connectivity index (χ2v) is 10.1. The first-order valence-electron chi connectivity index (χ1n) is 13.6. The van der Waals surface area contributed by atoms with E-state index in [4.69, 9.17) is 0 Å². The van der Waals surface area contributed by atoms with Crippen LogP contribution in [-0.2, 0) is 16.0 Å². The Bertz CT molecular complexity index is 1010. The van der Waals surface area contributed by atoms with Crippen molar-refractivity contribution in [1.29, 1.82) is 0 Å². The van der Waals surface area contributed by atoms with E-state index in [0.29, 0.717) is 38.2 Å². The van der Waals surface area contributed by atoms with Crippen LogP contribution in [0.4, 0.5) is 10.5 Å². The highest BCUT2D eigenvalue weighted by atomic mass is 16.2. The lowest BCUT2D eigenvalue weighted by molar-refractivity contribution is -0.143. The highest BCUT2D eigenvalue weighted by molar-refractivity contribution is 5.94. The number of unbranched alkanes of at least 4 members (excludes halogenated alkanes) is 4. The standard InChI is InChI=1S/C30H42N4O3/c1-4-5-6-7-11-14-28(35)34-20-19-33(22-24(34)3)29(36)27(21-25-12-9-8-10-13-25)32-30(37)31-26-17-15-23(2)16-18-26/h8-10,12-13,15-18,24,27H,4-7,11,14,19-22H2,1-3H3,(H2,31,32,37). The third kappa shape index (κ3) is 8.92. The smallest absolute Gasteiger partial charge is 0.319 e. The summed E-state index contributed by atoms with van der Waals surface area (Å²) in [4.78, 5) is 42.9. The number of amides is 4. The molecule has 1 heterocycles. The molecule has 0 spiro atoms. The van der Waals surface area contributed by atoms with Crippen LogP contribution in [-0.4, -0.2) is 59.4 Å². The molecule has 0 radical (unpaired) electrons. The van der Waals surface area contributed by atoms with Gasteiger partial charge in [0.1, 0.15) is 6.04 Å². The summed E-state index contributed by atoms with van der Waals surface area (Å²) in [5.41, 5.74) is 2.75. The highest BCUT2D eigenvalue weighted by Gasteiger charge is 2.33. The van der Waals surface area contributed by atoms with E-state index in [0.717, 1.165) is 24.0 Å².